The van der Waals surface area contributed by atoms with Gasteiger partial charge in [0.25, 0.3) is 0 Å². The lowest BCUT2D eigenvalue weighted by atomic mass is 9.83. The molecule has 1 aliphatic carbocycles. The van der Waals surface area contributed by atoms with Gasteiger partial charge in [0, 0.05) is 18.6 Å². The van der Waals surface area contributed by atoms with Gasteiger partial charge in [-0.2, -0.15) is 5.26 Å². The predicted molar refractivity (Wildman–Crippen MR) is 67.6 cm³/mol. The van der Waals surface area contributed by atoms with E-state index in [2.05, 4.69) is 24.8 Å². The van der Waals surface area contributed by atoms with Crippen LogP contribution in [0.4, 0.5) is 0 Å². The van der Waals surface area contributed by atoms with Crippen LogP contribution in [-0.2, 0) is 4.74 Å². The molecule has 4 unspecified atom stereocenters. The summed E-state index contributed by atoms with van der Waals surface area (Å²) < 4.78 is 5.75. The molecular formula is C14H24N2O. The average molecular weight is 236 g/mol. The Kier molecular flexibility index (Phi) is 4.42. The highest BCUT2D eigenvalue weighted by Gasteiger charge is 2.36. The Morgan fingerprint density at radius 2 is 2.12 bits per heavy atom. The van der Waals surface area contributed by atoms with Crippen molar-refractivity contribution in [1.82, 2.24) is 4.90 Å². The third kappa shape index (κ3) is 2.81. The Morgan fingerprint density at radius 3 is 2.82 bits per heavy atom. The van der Waals surface area contributed by atoms with Gasteiger partial charge in [-0.15, -0.1) is 0 Å². The fraction of sp³-hybridized carbons (Fsp3) is 0.929. The molecule has 0 aromatic rings. The second-order valence-electron chi connectivity index (χ2n) is 5.49. The van der Waals surface area contributed by atoms with Crippen LogP contribution in [0.3, 0.4) is 0 Å². The molecule has 0 spiro atoms. The summed E-state index contributed by atoms with van der Waals surface area (Å²) in [4.78, 5) is 2.57. The summed E-state index contributed by atoms with van der Waals surface area (Å²) in [5, 5.41) is 9.31. The Balaban J connectivity index is 2.08. The molecule has 0 aromatic carbocycles. The summed E-state index contributed by atoms with van der Waals surface area (Å²) >= 11 is 0. The lowest BCUT2D eigenvalue weighted by Gasteiger charge is -2.46. The second kappa shape index (κ2) is 5.84. The van der Waals surface area contributed by atoms with E-state index in [4.69, 9.17) is 4.74 Å². The lowest BCUT2D eigenvalue weighted by Crippen LogP contribution is -2.55. The Morgan fingerprint density at radius 1 is 1.35 bits per heavy atom. The minimum atomic E-state index is 0.239. The predicted octanol–water partition coefficient (Wildman–Crippen LogP) is 2.57. The number of nitrogens with zero attached hydrogens (tertiary/aromatic N) is 2. The molecule has 2 fully saturated rings. The Hall–Kier alpha value is -0.590. The Labute approximate surface area is 105 Å². The first-order valence-corrected chi connectivity index (χ1v) is 7.03. The summed E-state index contributed by atoms with van der Waals surface area (Å²) in [6.45, 7) is 6.21. The van der Waals surface area contributed by atoms with Gasteiger partial charge in [0.05, 0.1) is 24.7 Å². The molecule has 0 radical (unpaired) electrons. The zero-order valence-corrected chi connectivity index (χ0v) is 11.1. The Bertz CT molecular complexity index is 286. The van der Waals surface area contributed by atoms with Crippen LogP contribution in [0.1, 0.15) is 46.0 Å². The van der Waals surface area contributed by atoms with Crippen molar-refractivity contribution in [2.24, 2.45) is 5.92 Å². The van der Waals surface area contributed by atoms with E-state index in [0.717, 1.165) is 26.0 Å². The number of hydrogen-bond acceptors (Lipinski definition) is 3. The molecule has 1 saturated heterocycles. The van der Waals surface area contributed by atoms with Crippen LogP contribution < -0.4 is 0 Å². The third-order valence-electron chi connectivity index (χ3n) is 4.30. The summed E-state index contributed by atoms with van der Waals surface area (Å²) in [6.07, 6.45) is 6.24. The van der Waals surface area contributed by atoms with E-state index in [1.807, 2.05) is 0 Å². The number of rotatable bonds is 2. The monoisotopic (exact) mass is 236 g/mol. The summed E-state index contributed by atoms with van der Waals surface area (Å²) in [7, 11) is 0. The second-order valence-corrected chi connectivity index (χ2v) is 5.49. The molecule has 17 heavy (non-hydrogen) atoms. The highest BCUT2D eigenvalue weighted by molar-refractivity contribution is 4.98. The number of morpholine rings is 1. The summed E-state index contributed by atoms with van der Waals surface area (Å²) in [5.74, 6) is 0.239. The number of nitriles is 1. The van der Waals surface area contributed by atoms with E-state index in [0.29, 0.717) is 18.2 Å². The molecular weight excluding hydrogens is 212 g/mol. The molecule has 2 rings (SSSR count). The van der Waals surface area contributed by atoms with Crippen molar-refractivity contribution in [3.05, 3.63) is 0 Å². The van der Waals surface area contributed by atoms with Crippen LogP contribution in [0.25, 0.3) is 0 Å². The van der Waals surface area contributed by atoms with Gasteiger partial charge in [0.15, 0.2) is 0 Å². The highest BCUT2D eigenvalue weighted by Crippen LogP contribution is 2.31. The van der Waals surface area contributed by atoms with Crippen molar-refractivity contribution >= 4 is 0 Å². The molecule has 0 aromatic heterocycles. The molecule has 1 saturated carbocycles. The molecule has 0 amide bonds. The van der Waals surface area contributed by atoms with Crippen molar-refractivity contribution in [3.8, 4) is 6.07 Å². The SMILES string of the molecule is CCC1COC(C)CN1C1CCCCC1C#N. The molecule has 4 atom stereocenters. The van der Waals surface area contributed by atoms with Crippen molar-refractivity contribution in [3.63, 3.8) is 0 Å². The van der Waals surface area contributed by atoms with Crippen LogP contribution >= 0.6 is 0 Å². The molecule has 3 heteroatoms. The third-order valence-corrected chi connectivity index (χ3v) is 4.30. The van der Waals surface area contributed by atoms with Crippen LogP contribution in [0.15, 0.2) is 0 Å². The average Bonchev–Trinajstić information content (AvgIpc) is 2.38. The molecule has 0 N–H and O–H groups in total. The first kappa shape index (κ1) is 12.9. The number of ether oxygens (including phenoxy) is 1. The molecule has 2 aliphatic rings. The van der Waals surface area contributed by atoms with Gasteiger partial charge in [0.1, 0.15) is 0 Å². The van der Waals surface area contributed by atoms with Gasteiger partial charge in [0.2, 0.25) is 0 Å². The highest BCUT2D eigenvalue weighted by atomic mass is 16.5. The van der Waals surface area contributed by atoms with Crippen LogP contribution in [0, 0.1) is 17.2 Å². The molecule has 1 heterocycles. The fourth-order valence-electron chi connectivity index (χ4n) is 3.29. The minimum Gasteiger partial charge on any atom is -0.376 e. The lowest BCUT2D eigenvalue weighted by molar-refractivity contribution is -0.0828. The summed E-state index contributed by atoms with van der Waals surface area (Å²) in [6, 6.07) is 3.52. The summed E-state index contributed by atoms with van der Waals surface area (Å²) in [5.41, 5.74) is 0. The maximum atomic E-state index is 9.31. The maximum absolute atomic E-state index is 9.31. The van der Waals surface area contributed by atoms with Gasteiger partial charge in [-0.3, -0.25) is 4.90 Å². The van der Waals surface area contributed by atoms with Crippen molar-refractivity contribution in [2.75, 3.05) is 13.2 Å². The standard InChI is InChI=1S/C14H24N2O/c1-3-13-10-17-11(2)9-16(13)14-7-5-4-6-12(14)8-15/h11-14H,3-7,9-10H2,1-2H3. The van der Waals surface area contributed by atoms with Gasteiger partial charge in [-0.05, 0) is 26.2 Å². The van der Waals surface area contributed by atoms with Crippen LogP contribution in [-0.4, -0.2) is 36.2 Å². The van der Waals surface area contributed by atoms with Crippen molar-refractivity contribution in [2.45, 2.75) is 64.1 Å². The van der Waals surface area contributed by atoms with Gasteiger partial charge in [-0.25, -0.2) is 0 Å². The zero-order chi connectivity index (χ0) is 12.3. The van der Waals surface area contributed by atoms with E-state index in [-0.39, 0.29) is 5.92 Å². The number of hydrogen-bond donors (Lipinski definition) is 0. The normalized spacial score (nSPS) is 39.8. The fourth-order valence-corrected chi connectivity index (χ4v) is 3.29. The molecule has 0 bridgehead atoms. The first-order valence-electron chi connectivity index (χ1n) is 7.03. The van der Waals surface area contributed by atoms with E-state index in [1.165, 1.54) is 19.3 Å². The van der Waals surface area contributed by atoms with Crippen molar-refractivity contribution in [1.29, 1.82) is 5.26 Å². The van der Waals surface area contributed by atoms with E-state index < -0.39 is 0 Å². The molecule has 96 valence electrons. The largest absolute Gasteiger partial charge is 0.376 e. The maximum Gasteiger partial charge on any atom is 0.0674 e. The van der Waals surface area contributed by atoms with Gasteiger partial charge >= 0.3 is 0 Å². The first-order chi connectivity index (χ1) is 8.26. The zero-order valence-electron chi connectivity index (χ0n) is 11.1. The topological polar surface area (TPSA) is 36.3 Å². The van der Waals surface area contributed by atoms with E-state index >= 15 is 0 Å². The molecule has 1 aliphatic heterocycles. The van der Waals surface area contributed by atoms with E-state index in [1.54, 1.807) is 0 Å². The quantitative estimate of drug-likeness (QED) is 0.739. The molecule has 3 nitrogen and oxygen atoms in total. The van der Waals surface area contributed by atoms with Crippen LogP contribution in [0.5, 0.6) is 0 Å². The minimum absolute atomic E-state index is 0.239. The van der Waals surface area contributed by atoms with E-state index in [9.17, 15) is 5.26 Å². The van der Waals surface area contributed by atoms with Gasteiger partial charge < -0.3 is 4.74 Å². The van der Waals surface area contributed by atoms with Gasteiger partial charge in [-0.1, -0.05) is 19.8 Å². The smallest absolute Gasteiger partial charge is 0.0674 e. The van der Waals surface area contributed by atoms with Crippen LogP contribution in [0.2, 0.25) is 0 Å². The van der Waals surface area contributed by atoms with Crippen molar-refractivity contribution < 1.29 is 4.74 Å².